The van der Waals surface area contributed by atoms with Crippen LogP contribution in [0.15, 0.2) is 12.2 Å². The Morgan fingerprint density at radius 2 is 1.69 bits per heavy atom. The summed E-state index contributed by atoms with van der Waals surface area (Å²) in [5, 5.41) is 12.2. The van der Waals surface area contributed by atoms with Crippen LogP contribution in [0.5, 0.6) is 0 Å². The third-order valence-electron chi connectivity index (χ3n) is 9.57. The molecular weight excluding hydrogens is 456 g/mol. The molecule has 0 amide bonds. The van der Waals surface area contributed by atoms with E-state index in [0.717, 1.165) is 0 Å². The van der Waals surface area contributed by atoms with Gasteiger partial charge in [0.25, 0.3) is 0 Å². The molecular formula is C26H34O9. The highest BCUT2D eigenvalue weighted by Crippen LogP contribution is 2.77. The molecule has 1 N–H and O–H groups in total. The monoisotopic (exact) mass is 490 g/mol. The molecule has 9 atom stereocenters. The van der Waals surface area contributed by atoms with Crippen LogP contribution in [0.25, 0.3) is 0 Å². The Balaban J connectivity index is 1.81. The minimum atomic E-state index is -2.27. The highest BCUT2D eigenvalue weighted by atomic mass is 16.6. The SMILES string of the molecule is C=C1[C@@H]2C[C@@H](OC(C)=O)[C@H]3[C@@]45CO[C@@](O)(C(=O)[C@@H]4C(C)(C)CC[C@@H]5OC(C)=O)[C@]3(C2)[C@@H]1OC(C)=O. The number of ketones is 1. The summed E-state index contributed by atoms with van der Waals surface area (Å²) < 4.78 is 23.6. The van der Waals surface area contributed by atoms with E-state index in [0.29, 0.717) is 24.8 Å². The quantitative estimate of drug-likeness (QED) is 0.359. The zero-order valence-electron chi connectivity index (χ0n) is 20.9. The van der Waals surface area contributed by atoms with Gasteiger partial charge in [0.1, 0.15) is 18.3 Å². The highest BCUT2D eigenvalue weighted by Gasteiger charge is 2.87. The van der Waals surface area contributed by atoms with Gasteiger partial charge in [-0.3, -0.25) is 19.2 Å². The van der Waals surface area contributed by atoms with Crippen LogP contribution in [0.3, 0.4) is 0 Å². The van der Waals surface area contributed by atoms with Crippen molar-refractivity contribution in [3.63, 3.8) is 0 Å². The first-order valence-electron chi connectivity index (χ1n) is 12.3. The van der Waals surface area contributed by atoms with Crippen molar-refractivity contribution >= 4 is 23.7 Å². The van der Waals surface area contributed by atoms with E-state index in [-0.39, 0.29) is 18.9 Å². The number of ether oxygens (including phenoxy) is 4. The van der Waals surface area contributed by atoms with E-state index in [9.17, 15) is 24.3 Å². The van der Waals surface area contributed by atoms with E-state index in [4.69, 9.17) is 18.9 Å². The summed E-state index contributed by atoms with van der Waals surface area (Å²) in [6.07, 6.45) is -0.632. The molecule has 35 heavy (non-hydrogen) atoms. The largest absolute Gasteiger partial charge is 0.462 e. The molecule has 6 fully saturated rings. The summed E-state index contributed by atoms with van der Waals surface area (Å²) in [7, 11) is 0. The van der Waals surface area contributed by atoms with Crippen molar-refractivity contribution in [2.75, 3.05) is 6.61 Å². The lowest BCUT2D eigenvalue weighted by atomic mass is 9.36. The van der Waals surface area contributed by atoms with Crippen LogP contribution >= 0.6 is 0 Å². The molecule has 0 aromatic carbocycles. The summed E-state index contributed by atoms with van der Waals surface area (Å²) in [4.78, 5) is 51.0. The van der Waals surface area contributed by atoms with E-state index < -0.39 is 75.9 Å². The Hall–Kier alpha value is -2.26. The second-order valence-electron chi connectivity index (χ2n) is 11.8. The maximum absolute atomic E-state index is 14.3. The van der Waals surface area contributed by atoms with Crippen molar-refractivity contribution < 1.29 is 43.2 Å². The maximum atomic E-state index is 14.3. The first-order chi connectivity index (χ1) is 16.2. The lowest BCUT2D eigenvalue weighted by Gasteiger charge is -2.73. The Bertz CT molecular complexity index is 1030. The fraction of sp³-hybridized carbons (Fsp3) is 0.769. The molecule has 4 bridgehead atoms. The van der Waals surface area contributed by atoms with Crippen LogP contribution in [0, 0.1) is 34.0 Å². The Labute approximate surface area is 204 Å². The number of hydrogen-bond donors (Lipinski definition) is 1. The van der Waals surface area contributed by atoms with E-state index >= 15 is 0 Å². The normalized spacial score (nSPS) is 46.9. The molecule has 0 aromatic rings. The number of aliphatic hydroxyl groups is 1. The van der Waals surface area contributed by atoms with Gasteiger partial charge in [-0.05, 0) is 42.6 Å². The molecule has 4 aliphatic carbocycles. The average Bonchev–Trinajstić information content (AvgIpc) is 2.93. The van der Waals surface area contributed by atoms with Crippen LogP contribution in [-0.2, 0) is 38.1 Å². The molecule has 2 aliphatic heterocycles. The molecule has 9 heteroatoms. The fourth-order valence-electron chi connectivity index (χ4n) is 8.80. The number of carbonyl (C=O) groups excluding carboxylic acids is 4. The maximum Gasteiger partial charge on any atom is 0.303 e. The zero-order chi connectivity index (χ0) is 25.7. The molecule has 2 spiro atoms. The standard InChI is InChI=1S/C26H34O9/c1-12-16-9-17(33-13(2)27)19-24-11-32-26(31,25(19,10-16)22(12)35-15(4)29)21(30)20(24)23(5,6)8-7-18(24)34-14(3)28/h16-20,22,31H,1,7-11H2,2-6H3/t16-,17-,18+,19+,20-,22-,24+,25+,26+/m1/s1. The van der Waals surface area contributed by atoms with Crippen LogP contribution in [0.4, 0.5) is 0 Å². The minimum Gasteiger partial charge on any atom is -0.462 e. The number of hydrogen-bond acceptors (Lipinski definition) is 9. The van der Waals surface area contributed by atoms with Gasteiger partial charge in [0.05, 0.1) is 12.0 Å². The van der Waals surface area contributed by atoms with E-state index in [1.165, 1.54) is 20.8 Å². The smallest absolute Gasteiger partial charge is 0.303 e. The number of rotatable bonds is 3. The van der Waals surface area contributed by atoms with Crippen molar-refractivity contribution in [1.29, 1.82) is 0 Å². The van der Waals surface area contributed by atoms with Crippen molar-refractivity contribution in [3.8, 4) is 0 Å². The molecule has 2 heterocycles. The summed E-state index contributed by atoms with van der Waals surface area (Å²) >= 11 is 0. The van der Waals surface area contributed by atoms with Gasteiger partial charge in [-0.15, -0.1) is 0 Å². The summed E-state index contributed by atoms with van der Waals surface area (Å²) in [6.45, 7) is 12.0. The van der Waals surface area contributed by atoms with Crippen molar-refractivity contribution in [2.45, 2.75) is 84.4 Å². The van der Waals surface area contributed by atoms with Gasteiger partial charge in [0.15, 0.2) is 5.78 Å². The second-order valence-corrected chi connectivity index (χ2v) is 11.8. The highest BCUT2D eigenvalue weighted by molar-refractivity contribution is 5.93. The van der Waals surface area contributed by atoms with Crippen molar-refractivity contribution in [3.05, 3.63) is 12.2 Å². The van der Waals surface area contributed by atoms with Gasteiger partial charge in [-0.1, -0.05) is 20.4 Å². The predicted molar refractivity (Wildman–Crippen MR) is 119 cm³/mol. The molecule has 192 valence electrons. The molecule has 0 unspecified atom stereocenters. The molecule has 6 aliphatic rings. The zero-order valence-corrected chi connectivity index (χ0v) is 20.9. The average molecular weight is 491 g/mol. The molecule has 6 rings (SSSR count). The van der Waals surface area contributed by atoms with E-state index in [1.54, 1.807) is 0 Å². The fourth-order valence-corrected chi connectivity index (χ4v) is 8.80. The van der Waals surface area contributed by atoms with Gasteiger partial charge in [-0.2, -0.15) is 0 Å². The first-order valence-corrected chi connectivity index (χ1v) is 12.3. The Kier molecular flexibility index (Phi) is 5.15. The van der Waals surface area contributed by atoms with Crippen LogP contribution in [0.1, 0.15) is 60.3 Å². The lowest BCUT2D eigenvalue weighted by Crippen LogP contribution is -2.84. The second kappa shape index (κ2) is 7.38. The first kappa shape index (κ1) is 24.4. The van der Waals surface area contributed by atoms with Crippen LogP contribution < -0.4 is 0 Å². The third-order valence-corrected chi connectivity index (χ3v) is 9.57. The number of esters is 3. The third kappa shape index (κ3) is 2.88. The van der Waals surface area contributed by atoms with E-state index in [1.807, 2.05) is 13.8 Å². The topological polar surface area (TPSA) is 125 Å². The van der Waals surface area contributed by atoms with Gasteiger partial charge < -0.3 is 24.1 Å². The van der Waals surface area contributed by atoms with Gasteiger partial charge >= 0.3 is 17.9 Å². The van der Waals surface area contributed by atoms with Gasteiger partial charge in [-0.25, -0.2) is 0 Å². The molecule has 9 nitrogen and oxygen atoms in total. The molecule has 2 saturated heterocycles. The Morgan fingerprint density at radius 3 is 2.29 bits per heavy atom. The lowest BCUT2D eigenvalue weighted by molar-refractivity contribution is -0.405. The molecule has 0 radical (unpaired) electrons. The predicted octanol–water partition coefficient (Wildman–Crippen LogP) is 2.09. The minimum absolute atomic E-state index is 0.0462. The van der Waals surface area contributed by atoms with Crippen LogP contribution in [0.2, 0.25) is 0 Å². The number of Topliss-reactive ketones (excluding diaryl/α,β-unsaturated/α-hetero) is 1. The number of carbonyl (C=O) groups is 4. The molecule has 4 saturated carbocycles. The summed E-state index contributed by atoms with van der Waals surface area (Å²) in [5.74, 6) is -5.94. The van der Waals surface area contributed by atoms with Crippen LogP contribution in [-0.4, -0.2) is 59.5 Å². The Morgan fingerprint density at radius 1 is 1.06 bits per heavy atom. The molecule has 0 aromatic heterocycles. The van der Waals surface area contributed by atoms with Gasteiger partial charge in [0, 0.05) is 38.0 Å². The summed E-state index contributed by atoms with van der Waals surface area (Å²) in [6, 6.07) is 0. The van der Waals surface area contributed by atoms with Crippen molar-refractivity contribution in [1.82, 2.24) is 0 Å². The summed E-state index contributed by atoms with van der Waals surface area (Å²) in [5.41, 5.74) is -2.47. The van der Waals surface area contributed by atoms with Gasteiger partial charge in [0.2, 0.25) is 5.79 Å². The number of fused-ring (bicyclic) bond motifs is 2. The van der Waals surface area contributed by atoms with Crippen molar-refractivity contribution in [2.24, 2.45) is 34.0 Å². The van der Waals surface area contributed by atoms with E-state index in [2.05, 4.69) is 6.58 Å².